The molecule has 1 atom stereocenters. The molecule has 3 N–H and O–H groups in total. The Morgan fingerprint density at radius 2 is 1.94 bits per heavy atom. The van der Waals surface area contributed by atoms with E-state index in [1.807, 2.05) is 31.2 Å². The number of nitrogens with one attached hydrogen (secondary N) is 1. The van der Waals surface area contributed by atoms with Crippen LogP contribution in [0.1, 0.15) is 24.9 Å². The maximum Gasteiger partial charge on any atom is 0.149 e. The zero-order chi connectivity index (χ0) is 13.6. The summed E-state index contributed by atoms with van der Waals surface area (Å²) in [5.41, 5.74) is 3.34. The van der Waals surface area contributed by atoms with Crippen LogP contribution in [0.15, 0.2) is 24.3 Å². The SMILES string of the molecule is CCCOc1ccc(C(CS(C)(=O)=O)NN)cc1. The monoisotopic (exact) mass is 272 g/mol. The number of benzene rings is 1. The molecule has 5 nitrogen and oxygen atoms in total. The summed E-state index contributed by atoms with van der Waals surface area (Å²) in [6.07, 6.45) is 2.14. The van der Waals surface area contributed by atoms with Crippen LogP contribution < -0.4 is 16.0 Å². The van der Waals surface area contributed by atoms with Crippen molar-refractivity contribution in [2.75, 3.05) is 18.6 Å². The van der Waals surface area contributed by atoms with E-state index >= 15 is 0 Å². The third-order valence-corrected chi connectivity index (χ3v) is 3.36. The van der Waals surface area contributed by atoms with Gasteiger partial charge >= 0.3 is 0 Å². The zero-order valence-corrected chi connectivity index (χ0v) is 11.5. The summed E-state index contributed by atoms with van der Waals surface area (Å²) >= 11 is 0. The first-order chi connectivity index (χ1) is 8.46. The van der Waals surface area contributed by atoms with Gasteiger partial charge in [0, 0.05) is 6.26 Å². The van der Waals surface area contributed by atoms with E-state index in [1.54, 1.807) is 0 Å². The first-order valence-corrected chi connectivity index (χ1v) is 7.89. The Hall–Kier alpha value is -1.11. The van der Waals surface area contributed by atoms with Gasteiger partial charge < -0.3 is 4.74 Å². The number of ether oxygens (including phenoxy) is 1. The largest absolute Gasteiger partial charge is 0.494 e. The van der Waals surface area contributed by atoms with Crippen molar-refractivity contribution in [1.29, 1.82) is 0 Å². The predicted octanol–water partition coefficient (Wildman–Crippen LogP) is 1.02. The quantitative estimate of drug-likeness (QED) is 0.572. The maximum absolute atomic E-state index is 11.3. The molecule has 0 heterocycles. The van der Waals surface area contributed by atoms with Gasteiger partial charge in [-0.05, 0) is 24.1 Å². The van der Waals surface area contributed by atoms with Gasteiger partial charge in [-0.3, -0.25) is 11.3 Å². The van der Waals surface area contributed by atoms with Gasteiger partial charge in [-0.1, -0.05) is 19.1 Å². The number of nitrogens with two attached hydrogens (primary N) is 1. The number of hydrogen-bond donors (Lipinski definition) is 2. The van der Waals surface area contributed by atoms with Crippen molar-refractivity contribution < 1.29 is 13.2 Å². The van der Waals surface area contributed by atoms with E-state index in [0.29, 0.717) is 6.61 Å². The molecular weight excluding hydrogens is 252 g/mol. The van der Waals surface area contributed by atoms with Gasteiger partial charge in [-0.2, -0.15) is 0 Å². The van der Waals surface area contributed by atoms with Crippen molar-refractivity contribution in [3.8, 4) is 5.75 Å². The molecule has 1 aromatic rings. The lowest BCUT2D eigenvalue weighted by molar-refractivity contribution is 0.317. The second kappa shape index (κ2) is 6.72. The smallest absolute Gasteiger partial charge is 0.149 e. The lowest BCUT2D eigenvalue weighted by Gasteiger charge is -2.15. The van der Waals surface area contributed by atoms with E-state index in [4.69, 9.17) is 10.6 Å². The van der Waals surface area contributed by atoms with E-state index in [0.717, 1.165) is 17.7 Å². The van der Waals surface area contributed by atoms with Gasteiger partial charge in [-0.15, -0.1) is 0 Å². The molecule has 1 aromatic carbocycles. The van der Waals surface area contributed by atoms with Gasteiger partial charge in [0.2, 0.25) is 0 Å². The molecule has 0 amide bonds. The van der Waals surface area contributed by atoms with E-state index in [9.17, 15) is 8.42 Å². The summed E-state index contributed by atoms with van der Waals surface area (Å²) in [4.78, 5) is 0. The van der Waals surface area contributed by atoms with Crippen LogP contribution in [0.2, 0.25) is 0 Å². The van der Waals surface area contributed by atoms with Crippen LogP contribution in [0.5, 0.6) is 5.75 Å². The minimum Gasteiger partial charge on any atom is -0.494 e. The summed E-state index contributed by atoms with van der Waals surface area (Å²) < 4.78 is 28.0. The molecule has 0 saturated heterocycles. The van der Waals surface area contributed by atoms with Gasteiger partial charge in [0.05, 0.1) is 18.4 Å². The molecule has 0 aliphatic carbocycles. The Kier molecular flexibility index (Phi) is 5.58. The van der Waals surface area contributed by atoms with Crippen LogP contribution >= 0.6 is 0 Å². The van der Waals surface area contributed by atoms with Crippen LogP contribution in [0.3, 0.4) is 0 Å². The average molecular weight is 272 g/mol. The first kappa shape index (κ1) is 14.9. The highest BCUT2D eigenvalue weighted by Crippen LogP contribution is 2.18. The number of hydrogen-bond acceptors (Lipinski definition) is 5. The standard InChI is InChI=1S/C12H20N2O3S/c1-3-8-17-11-6-4-10(5-7-11)12(14-13)9-18(2,15)16/h4-7,12,14H,3,8-9,13H2,1-2H3. The van der Waals surface area contributed by atoms with Crippen molar-refractivity contribution >= 4 is 9.84 Å². The van der Waals surface area contributed by atoms with Crippen LogP contribution in [0, 0.1) is 0 Å². The van der Waals surface area contributed by atoms with E-state index in [2.05, 4.69) is 5.43 Å². The van der Waals surface area contributed by atoms with E-state index in [-0.39, 0.29) is 5.75 Å². The highest BCUT2D eigenvalue weighted by Gasteiger charge is 2.15. The average Bonchev–Trinajstić information content (AvgIpc) is 2.33. The minimum absolute atomic E-state index is 0.0291. The molecule has 0 bridgehead atoms. The zero-order valence-electron chi connectivity index (χ0n) is 10.7. The molecule has 1 rings (SSSR count). The number of sulfone groups is 1. The Labute approximate surface area is 108 Å². The lowest BCUT2D eigenvalue weighted by Crippen LogP contribution is -2.32. The van der Waals surface area contributed by atoms with Crippen molar-refractivity contribution in [2.45, 2.75) is 19.4 Å². The topological polar surface area (TPSA) is 81.4 Å². The molecule has 18 heavy (non-hydrogen) atoms. The van der Waals surface area contributed by atoms with Crippen LogP contribution in [0.4, 0.5) is 0 Å². The molecule has 0 aliphatic heterocycles. The Balaban J connectivity index is 2.75. The van der Waals surface area contributed by atoms with Crippen molar-refractivity contribution in [2.24, 2.45) is 5.84 Å². The van der Waals surface area contributed by atoms with E-state index in [1.165, 1.54) is 6.26 Å². The van der Waals surface area contributed by atoms with Crippen molar-refractivity contribution in [3.05, 3.63) is 29.8 Å². The molecular formula is C12H20N2O3S. The van der Waals surface area contributed by atoms with Gasteiger partial charge in [0.25, 0.3) is 0 Å². The highest BCUT2D eigenvalue weighted by atomic mass is 32.2. The second-order valence-electron chi connectivity index (χ2n) is 4.23. The number of hydrazine groups is 1. The van der Waals surface area contributed by atoms with Gasteiger partial charge in [-0.25, -0.2) is 8.42 Å². The Morgan fingerprint density at radius 1 is 1.33 bits per heavy atom. The Morgan fingerprint density at radius 3 is 2.39 bits per heavy atom. The molecule has 0 saturated carbocycles. The van der Waals surface area contributed by atoms with Gasteiger partial charge in [0.15, 0.2) is 0 Å². The Bertz CT molecular complexity index is 457. The fourth-order valence-corrected chi connectivity index (χ4v) is 2.45. The summed E-state index contributed by atoms with van der Waals surface area (Å²) in [6, 6.07) is 6.87. The third kappa shape index (κ3) is 5.03. The molecule has 0 aliphatic rings. The van der Waals surface area contributed by atoms with Gasteiger partial charge in [0.1, 0.15) is 15.6 Å². The normalized spacial score (nSPS) is 13.3. The molecule has 1 unspecified atom stereocenters. The summed E-state index contributed by atoms with van der Waals surface area (Å²) in [5, 5.41) is 0. The summed E-state index contributed by atoms with van der Waals surface area (Å²) in [5.74, 6) is 6.13. The fourth-order valence-electron chi connectivity index (χ4n) is 1.56. The second-order valence-corrected chi connectivity index (χ2v) is 6.41. The molecule has 6 heteroatoms. The highest BCUT2D eigenvalue weighted by molar-refractivity contribution is 7.90. The molecule has 0 radical (unpaired) electrons. The maximum atomic E-state index is 11.3. The first-order valence-electron chi connectivity index (χ1n) is 5.83. The fraction of sp³-hybridized carbons (Fsp3) is 0.500. The molecule has 0 aromatic heterocycles. The minimum atomic E-state index is -3.08. The van der Waals surface area contributed by atoms with Crippen molar-refractivity contribution in [3.63, 3.8) is 0 Å². The summed E-state index contributed by atoms with van der Waals surface area (Å²) in [7, 11) is -3.08. The number of rotatable bonds is 7. The molecule has 102 valence electrons. The predicted molar refractivity (Wildman–Crippen MR) is 72.0 cm³/mol. The molecule has 0 spiro atoms. The van der Waals surface area contributed by atoms with Crippen LogP contribution in [-0.2, 0) is 9.84 Å². The van der Waals surface area contributed by atoms with Crippen molar-refractivity contribution in [1.82, 2.24) is 5.43 Å². The third-order valence-electron chi connectivity index (χ3n) is 2.43. The summed E-state index contributed by atoms with van der Waals surface area (Å²) in [6.45, 7) is 2.70. The van der Waals surface area contributed by atoms with E-state index < -0.39 is 15.9 Å². The van der Waals surface area contributed by atoms with Crippen LogP contribution in [-0.4, -0.2) is 27.0 Å². The van der Waals surface area contributed by atoms with Crippen LogP contribution in [0.25, 0.3) is 0 Å². The lowest BCUT2D eigenvalue weighted by atomic mass is 10.1. The molecule has 0 fully saturated rings.